The van der Waals surface area contributed by atoms with Gasteiger partial charge in [0.05, 0.1) is 0 Å². The second-order valence-electron chi connectivity index (χ2n) is 6.06. The van der Waals surface area contributed by atoms with Crippen molar-refractivity contribution in [2.24, 2.45) is 0 Å². The fraction of sp³-hybridized carbons (Fsp3) is 0.200. The smallest absolute Gasteiger partial charge is 0.192 e. The first kappa shape index (κ1) is 18.5. The van der Waals surface area contributed by atoms with Gasteiger partial charge in [0, 0.05) is 42.7 Å². The number of thioether (sulfide) groups is 1. The summed E-state index contributed by atoms with van der Waals surface area (Å²) in [6, 6.07) is 16.2. The number of halogens is 1. The zero-order valence-electron chi connectivity index (χ0n) is 14.9. The van der Waals surface area contributed by atoms with Crippen LogP contribution in [0, 0.1) is 0 Å². The Labute approximate surface area is 163 Å². The Kier molecular flexibility index (Phi) is 6.01. The standard InChI is InChI=1S/C20H21ClN4S/c1-4-13-25-19(16-7-11-18(12-8-16)24(2)3)22-23-20(25)26-14-15-5-9-17(21)10-6-15/h4-12H,1,13-14H2,2-3H3. The largest absolute Gasteiger partial charge is 0.378 e. The van der Waals surface area contributed by atoms with E-state index in [1.165, 1.54) is 5.56 Å². The van der Waals surface area contributed by atoms with Gasteiger partial charge in [0.2, 0.25) is 0 Å². The molecule has 2 aromatic carbocycles. The summed E-state index contributed by atoms with van der Waals surface area (Å²) in [4.78, 5) is 2.08. The summed E-state index contributed by atoms with van der Waals surface area (Å²) >= 11 is 7.61. The minimum Gasteiger partial charge on any atom is -0.378 e. The minimum absolute atomic E-state index is 0.667. The summed E-state index contributed by atoms with van der Waals surface area (Å²) in [5.74, 6) is 1.67. The second-order valence-corrected chi connectivity index (χ2v) is 7.44. The average Bonchev–Trinajstić information content (AvgIpc) is 3.04. The first-order valence-electron chi connectivity index (χ1n) is 8.27. The molecule has 0 N–H and O–H groups in total. The zero-order valence-corrected chi connectivity index (χ0v) is 16.5. The van der Waals surface area contributed by atoms with Gasteiger partial charge >= 0.3 is 0 Å². The summed E-state index contributed by atoms with van der Waals surface area (Å²) in [5, 5.41) is 10.4. The predicted molar refractivity (Wildman–Crippen MR) is 111 cm³/mol. The molecule has 0 radical (unpaired) electrons. The van der Waals surface area contributed by atoms with Crippen molar-refractivity contribution < 1.29 is 0 Å². The van der Waals surface area contributed by atoms with E-state index >= 15 is 0 Å². The summed E-state index contributed by atoms with van der Waals surface area (Å²) < 4.78 is 2.10. The van der Waals surface area contributed by atoms with Crippen LogP contribution in [0.1, 0.15) is 5.56 Å². The van der Waals surface area contributed by atoms with Crippen molar-refractivity contribution >= 4 is 29.1 Å². The van der Waals surface area contributed by atoms with Crippen molar-refractivity contribution in [2.75, 3.05) is 19.0 Å². The maximum absolute atomic E-state index is 5.95. The van der Waals surface area contributed by atoms with E-state index in [9.17, 15) is 0 Å². The molecule has 0 spiro atoms. The molecule has 4 nitrogen and oxygen atoms in total. The van der Waals surface area contributed by atoms with E-state index in [0.29, 0.717) is 6.54 Å². The average molecular weight is 385 g/mol. The van der Waals surface area contributed by atoms with E-state index < -0.39 is 0 Å². The van der Waals surface area contributed by atoms with Gasteiger partial charge in [-0.2, -0.15) is 0 Å². The lowest BCUT2D eigenvalue weighted by molar-refractivity contribution is 0.731. The van der Waals surface area contributed by atoms with Crippen molar-refractivity contribution in [1.82, 2.24) is 14.8 Å². The lowest BCUT2D eigenvalue weighted by Crippen LogP contribution is -2.08. The molecule has 6 heteroatoms. The van der Waals surface area contributed by atoms with Gasteiger partial charge in [0.1, 0.15) is 0 Å². The normalized spacial score (nSPS) is 10.7. The minimum atomic E-state index is 0.667. The number of benzene rings is 2. The highest BCUT2D eigenvalue weighted by Crippen LogP contribution is 2.28. The summed E-state index contributed by atoms with van der Waals surface area (Å²) in [6.45, 7) is 4.54. The molecular formula is C20H21ClN4S. The lowest BCUT2D eigenvalue weighted by Gasteiger charge is -2.13. The fourth-order valence-electron chi connectivity index (χ4n) is 2.54. The van der Waals surface area contributed by atoms with Gasteiger partial charge in [-0.05, 0) is 42.0 Å². The monoisotopic (exact) mass is 384 g/mol. The van der Waals surface area contributed by atoms with Gasteiger partial charge in [0.15, 0.2) is 11.0 Å². The van der Waals surface area contributed by atoms with Crippen LogP contribution in [-0.4, -0.2) is 28.9 Å². The van der Waals surface area contributed by atoms with Gasteiger partial charge in [-0.1, -0.05) is 41.6 Å². The molecule has 0 aliphatic carbocycles. The molecular weight excluding hydrogens is 364 g/mol. The van der Waals surface area contributed by atoms with E-state index in [1.54, 1.807) is 11.8 Å². The Morgan fingerprint density at radius 2 is 1.77 bits per heavy atom. The van der Waals surface area contributed by atoms with E-state index in [0.717, 1.165) is 33.0 Å². The van der Waals surface area contributed by atoms with Crippen LogP contribution >= 0.6 is 23.4 Å². The third-order valence-corrected chi connectivity index (χ3v) is 5.24. The molecule has 0 aliphatic heterocycles. The molecule has 0 fully saturated rings. The van der Waals surface area contributed by atoms with E-state index in [1.807, 2.05) is 44.4 Å². The SMILES string of the molecule is C=CCn1c(SCc2ccc(Cl)cc2)nnc1-c1ccc(N(C)C)cc1. The van der Waals surface area contributed by atoms with Crippen LogP contribution in [-0.2, 0) is 12.3 Å². The Balaban J connectivity index is 1.83. The maximum Gasteiger partial charge on any atom is 0.192 e. The summed E-state index contributed by atoms with van der Waals surface area (Å²) in [5.41, 5.74) is 3.40. The first-order chi connectivity index (χ1) is 12.6. The quantitative estimate of drug-likeness (QED) is 0.417. The number of allylic oxidation sites excluding steroid dienone is 1. The third kappa shape index (κ3) is 4.29. The first-order valence-corrected chi connectivity index (χ1v) is 9.64. The molecule has 0 unspecified atom stereocenters. The predicted octanol–water partition coefficient (Wildman–Crippen LogP) is 5.14. The van der Waals surface area contributed by atoms with Crippen LogP contribution in [0.15, 0.2) is 66.3 Å². The Bertz CT molecular complexity index is 870. The van der Waals surface area contributed by atoms with Gasteiger partial charge in [-0.25, -0.2) is 0 Å². The number of aromatic nitrogens is 3. The summed E-state index contributed by atoms with van der Waals surface area (Å²) in [6.07, 6.45) is 1.87. The summed E-state index contributed by atoms with van der Waals surface area (Å²) in [7, 11) is 4.06. The van der Waals surface area contributed by atoms with Crippen LogP contribution in [0.3, 0.4) is 0 Å². The number of nitrogens with zero attached hydrogens (tertiary/aromatic N) is 4. The molecule has 0 saturated carbocycles. The van der Waals surface area contributed by atoms with Crippen molar-refractivity contribution in [3.63, 3.8) is 0 Å². The van der Waals surface area contributed by atoms with Crippen LogP contribution in [0.4, 0.5) is 5.69 Å². The highest BCUT2D eigenvalue weighted by atomic mass is 35.5. The third-order valence-electron chi connectivity index (χ3n) is 3.95. The van der Waals surface area contributed by atoms with E-state index in [4.69, 9.17) is 11.6 Å². The lowest BCUT2D eigenvalue weighted by atomic mass is 10.2. The molecule has 134 valence electrons. The molecule has 26 heavy (non-hydrogen) atoms. The van der Waals surface area contributed by atoms with Crippen molar-refractivity contribution in [2.45, 2.75) is 17.5 Å². The molecule has 0 bridgehead atoms. The van der Waals surface area contributed by atoms with E-state index in [2.05, 4.69) is 50.5 Å². The Hall–Kier alpha value is -2.24. The number of hydrogen-bond donors (Lipinski definition) is 0. The highest BCUT2D eigenvalue weighted by molar-refractivity contribution is 7.98. The molecule has 1 aromatic heterocycles. The van der Waals surface area contributed by atoms with Crippen LogP contribution < -0.4 is 4.90 Å². The molecule has 0 amide bonds. The van der Waals surface area contributed by atoms with Crippen molar-refractivity contribution in [3.8, 4) is 11.4 Å². The van der Waals surface area contributed by atoms with Gasteiger partial charge in [-0.15, -0.1) is 16.8 Å². The van der Waals surface area contributed by atoms with Gasteiger partial charge in [-0.3, -0.25) is 4.57 Å². The van der Waals surface area contributed by atoms with Gasteiger partial charge in [0.25, 0.3) is 0 Å². The molecule has 3 rings (SSSR count). The second kappa shape index (κ2) is 8.43. The Morgan fingerprint density at radius 3 is 2.38 bits per heavy atom. The number of hydrogen-bond acceptors (Lipinski definition) is 4. The van der Waals surface area contributed by atoms with Crippen molar-refractivity contribution in [1.29, 1.82) is 0 Å². The van der Waals surface area contributed by atoms with Crippen LogP contribution in [0.2, 0.25) is 5.02 Å². The molecule has 0 aliphatic rings. The molecule has 0 saturated heterocycles. The number of rotatable bonds is 7. The molecule has 3 aromatic rings. The maximum atomic E-state index is 5.95. The van der Waals surface area contributed by atoms with E-state index in [-0.39, 0.29) is 0 Å². The topological polar surface area (TPSA) is 34.0 Å². The molecule has 1 heterocycles. The Morgan fingerprint density at radius 1 is 1.08 bits per heavy atom. The number of anilines is 1. The zero-order chi connectivity index (χ0) is 18.5. The van der Waals surface area contributed by atoms with Crippen molar-refractivity contribution in [3.05, 3.63) is 71.8 Å². The van der Waals surface area contributed by atoms with Gasteiger partial charge < -0.3 is 4.90 Å². The highest BCUT2D eigenvalue weighted by Gasteiger charge is 2.14. The van der Waals surface area contributed by atoms with Crippen LogP contribution in [0.5, 0.6) is 0 Å². The molecule has 0 atom stereocenters. The van der Waals surface area contributed by atoms with Crippen LogP contribution in [0.25, 0.3) is 11.4 Å². The fourth-order valence-corrected chi connectivity index (χ4v) is 3.57.